The van der Waals surface area contributed by atoms with Crippen LogP contribution in [0, 0.1) is 0 Å². The number of rotatable bonds is 7. The molecule has 0 bridgehead atoms. The number of hydrogen-bond donors (Lipinski definition) is 2. The summed E-state index contributed by atoms with van der Waals surface area (Å²) in [7, 11) is 0. The van der Waals surface area contributed by atoms with E-state index in [0.29, 0.717) is 18.8 Å². The van der Waals surface area contributed by atoms with E-state index in [1.807, 2.05) is 37.3 Å². The standard InChI is InChI=1S/C21H21NO6/c1-2-3-11-26-21(25)28-20-18(23)17-12-15(9-10-16(17)19(24)22-20)27-13-14-7-5-4-6-8-14/h4-10,12,23H,2-3,11,13H2,1H3,(H,22,24). The largest absolute Gasteiger partial charge is 0.515 e. The normalized spacial score (nSPS) is 10.6. The highest BCUT2D eigenvalue weighted by Gasteiger charge is 2.16. The molecular formula is C21H21NO6. The maximum absolute atomic E-state index is 12.2. The third-order valence-corrected chi connectivity index (χ3v) is 4.08. The molecule has 1 aromatic heterocycles. The molecule has 0 aliphatic carbocycles. The second-order valence-electron chi connectivity index (χ2n) is 6.17. The molecule has 7 nitrogen and oxygen atoms in total. The van der Waals surface area contributed by atoms with Gasteiger partial charge in [0.15, 0.2) is 5.75 Å². The van der Waals surface area contributed by atoms with Crippen LogP contribution < -0.4 is 15.0 Å². The number of carbonyl (C=O) groups excluding carboxylic acids is 1. The van der Waals surface area contributed by atoms with Gasteiger partial charge in [0.25, 0.3) is 5.56 Å². The maximum atomic E-state index is 12.2. The number of benzene rings is 2. The van der Waals surface area contributed by atoms with Gasteiger partial charge in [-0.1, -0.05) is 43.7 Å². The Morgan fingerprint density at radius 1 is 1.11 bits per heavy atom. The number of hydrogen-bond acceptors (Lipinski definition) is 6. The topological polar surface area (TPSA) is 97.9 Å². The van der Waals surface area contributed by atoms with Crippen molar-refractivity contribution in [2.75, 3.05) is 6.61 Å². The SMILES string of the molecule is CCCCOC(=O)Oc1[nH]c(=O)c2ccc(OCc3ccccc3)cc2c1O. The zero-order valence-electron chi connectivity index (χ0n) is 15.4. The zero-order chi connectivity index (χ0) is 19.9. The lowest BCUT2D eigenvalue weighted by atomic mass is 10.1. The van der Waals surface area contributed by atoms with E-state index >= 15 is 0 Å². The van der Waals surface area contributed by atoms with Crippen LogP contribution in [-0.4, -0.2) is 22.9 Å². The molecule has 0 saturated heterocycles. The van der Waals surface area contributed by atoms with Crippen molar-refractivity contribution >= 4 is 16.9 Å². The highest BCUT2D eigenvalue weighted by molar-refractivity contribution is 5.90. The van der Waals surface area contributed by atoms with Gasteiger partial charge in [0.05, 0.1) is 12.0 Å². The summed E-state index contributed by atoms with van der Waals surface area (Å²) in [5, 5.41) is 10.9. The van der Waals surface area contributed by atoms with Crippen LogP contribution in [0.15, 0.2) is 53.3 Å². The van der Waals surface area contributed by atoms with Gasteiger partial charge in [-0.2, -0.15) is 0 Å². The molecule has 0 atom stereocenters. The highest BCUT2D eigenvalue weighted by Crippen LogP contribution is 2.33. The van der Waals surface area contributed by atoms with Gasteiger partial charge < -0.3 is 19.3 Å². The molecule has 0 amide bonds. The number of fused-ring (bicyclic) bond motifs is 1. The van der Waals surface area contributed by atoms with E-state index in [1.54, 1.807) is 6.07 Å². The zero-order valence-corrected chi connectivity index (χ0v) is 15.4. The summed E-state index contributed by atoms with van der Waals surface area (Å²) >= 11 is 0. The number of H-pyrrole nitrogens is 1. The predicted octanol–water partition coefficient (Wildman–Crippen LogP) is 4.13. The smallest absolute Gasteiger partial charge is 0.503 e. The third-order valence-electron chi connectivity index (χ3n) is 4.08. The molecule has 2 aromatic carbocycles. The number of nitrogens with one attached hydrogen (secondary N) is 1. The van der Waals surface area contributed by atoms with Gasteiger partial charge >= 0.3 is 6.16 Å². The highest BCUT2D eigenvalue weighted by atomic mass is 16.7. The van der Waals surface area contributed by atoms with Crippen LogP contribution in [0.3, 0.4) is 0 Å². The molecule has 0 spiro atoms. The van der Waals surface area contributed by atoms with Crippen LogP contribution in [0.4, 0.5) is 4.79 Å². The molecule has 3 aromatic rings. The van der Waals surface area contributed by atoms with E-state index in [-0.39, 0.29) is 29.0 Å². The fourth-order valence-corrected chi connectivity index (χ4v) is 2.59. The van der Waals surface area contributed by atoms with E-state index in [0.717, 1.165) is 12.0 Å². The minimum absolute atomic E-state index is 0.200. The maximum Gasteiger partial charge on any atom is 0.515 e. The van der Waals surface area contributed by atoms with Crippen molar-refractivity contribution in [3.05, 3.63) is 64.4 Å². The van der Waals surface area contributed by atoms with Gasteiger partial charge in [-0.3, -0.25) is 9.78 Å². The molecule has 0 unspecified atom stereocenters. The van der Waals surface area contributed by atoms with Crippen molar-refractivity contribution < 1.29 is 24.1 Å². The summed E-state index contributed by atoms with van der Waals surface area (Å²) in [5.74, 6) is -0.264. The summed E-state index contributed by atoms with van der Waals surface area (Å²) in [6.07, 6.45) is 0.560. The Kier molecular flexibility index (Phi) is 6.16. The van der Waals surface area contributed by atoms with Crippen molar-refractivity contribution in [3.8, 4) is 17.4 Å². The fraction of sp³-hybridized carbons (Fsp3) is 0.238. The van der Waals surface area contributed by atoms with Crippen molar-refractivity contribution in [3.63, 3.8) is 0 Å². The molecule has 7 heteroatoms. The van der Waals surface area contributed by atoms with Crippen molar-refractivity contribution in [1.29, 1.82) is 0 Å². The number of aromatic nitrogens is 1. The van der Waals surface area contributed by atoms with E-state index in [9.17, 15) is 14.7 Å². The summed E-state index contributed by atoms with van der Waals surface area (Å²) < 4.78 is 15.6. The fourth-order valence-electron chi connectivity index (χ4n) is 2.59. The summed E-state index contributed by atoms with van der Waals surface area (Å²) in [6, 6.07) is 14.3. The van der Waals surface area contributed by atoms with Crippen molar-refractivity contribution in [2.45, 2.75) is 26.4 Å². The van der Waals surface area contributed by atoms with Crippen LogP contribution in [-0.2, 0) is 11.3 Å². The molecule has 146 valence electrons. The molecule has 1 heterocycles. The number of aromatic hydroxyl groups is 1. The minimum Gasteiger partial charge on any atom is -0.503 e. The van der Waals surface area contributed by atoms with Gasteiger partial charge in [-0.25, -0.2) is 4.79 Å². The number of aromatic amines is 1. The van der Waals surface area contributed by atoms with Crippen LogP contribution in [0.5, 0.6) is 17.4 Å². The summed E-state index contributed by atoms with van der Waals surface area (Å²) in [5.41, 5.74) is 0.482. The molecular weight excluding hydrogens is 362 g/mol. The second kappa shape index (κ2) is 8.94. The van der Waals surface area contributed by atoms with Gasteiger partial charge in [0.2, 0.25) is 5.88 Å². The molecule has 0 aliphatic rings. The van der Waals surface area contributed by atoms with Crippen LogP contribution >= 0.6 is 0 Å². The van der Waals surface area contributed by atoms with E-state index in [1.165, 1.54) is 12.1 Å². The molecule has 0 saturated carbocycles. The third kappa shape index (κ3) is 4.62. The van der Waals surface area contributed by atoms with Gasteiger partial charge in [0, 0.05) is 5.39 Å². The molecule has 3 rings (SSSR count). The first kappa shape index (κ1) is 19.3. The van der Waals surface area contributed by atoms with Gasteiger partial charge in [-0.15, -0.1) is 0 Å². The Morgan fingerprint density at radius 2 is 1.89 bits per heavy atom. The molecule has 0 fully saturated rings. The lowest BCUT2D eigenvalue weighted by molar-refractivity contribution is 0.0951. The second-order valence-corrected chi connectivity index (χ2v) is 6.17. The van der Waals surface area contributed by atoms with Crippen LogP contribution in [0.2, 0.25) is 0 Å². The Hall–Kier alpha value is -3.48. The van der Waals surface area contributed by atoms with Gasteiger partial charge in [0.1, 0.15) is 12.4 Å². The Balaban J connectivity index is 1.81. The van der Waals surface area contributed by atoms with Gasteiger partial charge in [-0.05, 0) is 30.2 Å². The summed E-state index contributed by atoms with van der Waals surface area (Å²) in [4.78, 5) is 26.3. The number of carbonyl (C=O) groups is 1. The number of unbranched alkanes of at least 4 members (excludes halogenated alkanes) is 1. The average Bonchev–Trinajstić information content (AvgIpc) is 2.71. The van der Waals surface area contributed by atoms with E-state index in [4.69, 9.17) is 14.2 Å². The quantitative estimate of drug-likeness (QED) is 0.470. The van der Waals surface area contributed by atoms with E-state index in [2.05, 4.69) is 4.98 Å². The first-order chi connectivity index (χ1) is 13.6. The Morgan fingerprint density at radius 3 is 2.64 bits per heavy atom. The molecule has 2 N–H and O–H groups in total. The minimum atomic E-state index is -0.991. The number of pyridine rings is 1. The molecule has 0 radical (unpaired) electrons. The lowest BCUT2D eigenvalue weighted by Crippen LogP contribution is -2.15. The lowest BCUT2D eigenvalue weighted by Gasteiger charge is -2.10. The van der Waals surface area contributed by atoms with Crippen LogP contribution in [0.1, 0.15) is 25.3 Å². The first-order valence-electron chi connectivity index (χ1n) is 8.99. The Labute approximate surface area is 161 Å². The number of ether oxygens (including phenoxy) is 3. The van der Waals surface area contributed by atoms with E-state index < -0.39 is 11.7 Å². The molecule has 28 heavy (non-hydrogen) atoms. The first-order valence-corrected chi connectivity index (χ1v) is 8.99. The van der Waals surface area contributed by atoms with Crippen molar-refractivity contribution in [1.82, 2.24) is 4.98 Å². The molecule has 0 aliphatic heterocycles. The Bertz CT molecular complexity index is 1010. The summed E-state index contributed by atoms with van der Waals surface area (Å²) in [6.45, 7) is 2.49. The van der Waals surface area contributed by atoms with Crippen LogP contribution in [0.25, 0.3) is 10.8 Å². The predicted molar refractivity (Wildman–Crippen MR) is 104 cm³/mol. The monoisotopic (exact) mass is 383 g/mol. The average molecular weight is 383 g/mol. The van der Waals surface area contributed by atoms with Crippen molar-refractivity contribution in [2.24, 2.45) is 0 Å².